The average Bonchev–Trinajstić information content (AvgIpc) is 2.63. The van der Waals surface area contributed by atoms with Crippen molar-refractivity contribution in [1.82, 2.24) is 0 Å². The van der Waals surface area contributed by atoms with E-state index in [0.29, 0.717) is 17.8 Å². The summed E-state index contributed by atoms with van der Waals surface area (Å²) >= 11 is 0. The van der Waals surface area contributed by atoms with Gasteiger partial charge in [-0.25, -0.2) is 0 Å². The van der Waals surface area contributed by atoms with Crippen molar-refractivity contribution >= 4 is 6.29 Å². The van der Waals surface area contributed by atoms with E-state index in [1.165, 1.54) is 38.4 Å². The van der Waals surface area contributed by atoms with Crippen molar-refractivity contribution in [2.45, 2.75) is 84.2 Å². The lowest BCUT2D eigenvalue weighted by Gasteiger charge is -2.64. The van der Waals surface area contributed by atoms with E-state index < -0.39 is 5.60 Å². The minimum atomic E-state index is -0.554. The van der Waals surface area contributed by atoms with Crippen LogP contribution in [0.15, 0.2) is 0 Å². The number of hydrogen-bond acceptors (Lipinski definition) is 2. The lowest BCUT2D eigenvalue weighted by molar-refractivity contribution is -0.196. The monoisotopic (exact) mass is 304 g/mol. The summed E-state index contributed by atoms with van der Waals surface area (Å²) in [4.78, 5) is 12.5. The van der Waals surface area contributed by atoms with Crippen molar-refractivity contribution in [3.63, 3.8) is 0 Å². The van der Waals surface area contributed by atoms with Gasteiger partial charge in [-0.2, -0.15) is 0 Å². The second-order valence-electron chi connectivity index (χ2n) is 10.00. The van der Waals surface area contributed by atoms with Crippen LogP contribution >= 0.6 is 0 Å². The third kappa shape index (κ3) is 1.63. The highest BCUT2D eigenvalue weighted by molar-refractivity contribution is 5.62. The second-order valence-corrected chi connectivity index (χ2v) is 10.00. The van der Waals surface area contributed by atoms with Gasteiger partial charge < -0.3 is 9.90 Å². The molecule has 0 aromatic heterocycles. The highest BCUT2D eigenvalue weighted by atomic mass is 16.3. The average molecular weight is 304 g/mol. The van der Waals surface area contributed by atoms with Gasteiger partial charge in [0.1, 0.15) is 6.29 Å². The molecule has 22 heavy (non-hydrogen) atoms. The smallest absolute Gasteiger partial charge is 0.126 e. The summed E-state index contributed by atoms with van der Waals surface area (Å²) in [6, 6.07) is 0. The Balaban J connectivity index is 1.83. The van der Waals surface area contributed by atoms with E-state index in [-0.39, 0.29) is 16.2 Å². The Kier molecular flexibility index (Phi) is 3.02. The van der Waals surface area contributed by atoms with E-state index in [4.69, 9.17) is 0 Å². The van der Waals surface area contributed by atoms with Crippen LogP contribution < -0.4 is 0 Å². The van der Waals surface area contributed by atoms with Crippen molar-refractivity contribution < 1.29 is 9.90 Å². The maximum absolute atomic E-state index is 12.5. The molecule has 2 bridgehead atoms. The molecule has 0 amide bonds. The highest BCUT2D eigenvalue weighted by Crippen LogP contribution is 2.73. The number of carbonyl (C=O) groups is 1. The normalized spacial score (nSPS) is 56.1. The molecular weight excluding hydrogens is 272 g/mol. The van der Waals surface area contributed by atoms with E-state index >= 15 is 0 Å². The van der Waals surface area contributed by atoms with E-state index in [1.807, 2.05) is 0 Å². The predicted octanol–water partition coefficient (Wildman–Crippen LogP) is 4.35. The van der Waals surface area contributed by atoms with Crippen LogP contribution in [0, 0.1) is 34.0 Å². The maximum atomic E-state index is 12.5. The zero-order valence-electron chi connectivity index (χ0n) is 14.5. The summed E-state index contributed by atoms with van der Waals surface area (Å²) in [6.07, 6.45) is 11.7. The molecule has 4 aliphatic rings. The van der Waals surface area contributed by atoms with Crippen molar-refractivity contribution in [2.75, 3.05) is 0 Å². The van der Waals surface area contributed by atoms with Crippen LogP contribution in [0.2, 0.25) is 0 Å². The molecule has 0 radical (unpaired) electrons. The van der Waals surface area contributed by atoms with Crippen LogP contribution in [-0.2, 0) is 4.79 Å². The molecule has 0 heterocycles. The van der Waals surface area contributed by atoms with Gasteiger partial charge in [0, 0.05) is 10.8 Å². The van der Waals surface area contributed by atoms with Gasteiger partial charge in [-0.15, -0.1) is 0 Å². The molecule has 0 unspecified atom stereocenters. The molecule has 4 rings (SSSR count). The highest BCUT2D eigenvalue weighted by Gasteiger charge is 2.69. The van der Waals surface area contributed by atoms with Crippen molar-refractivity contribution in [3.05, 3.63) is 0 Å². The van der Waals surface area contributed by atoms with Gasteiger partial charge >= 0.3 is 0 Å². The Hall–Kier alpha value is -0.370. The van der Waals surface area contributed by atoms with Gasteiger partial charge in [-0.05, 0) is 81.5 Å². The fraction of sp³-hybridized carbons (Fsp3) is 0.950. The fourth-order valence-corrected chi connectivity index (χ4v) is 7.93. The fourth-order valence-electron chi connectivity index (χ4n) is 7.93. The first kappa shape index (κ1) is 15.2. The number of hydrogen-bond donors (Lipinski definition) is 1. The quantitative estimate of drug-likeness (QED) is 0.731. The van der Waals surface area contributed by atoms with Gasteiger partial charge in [0.25, 0.3) is 0 Å². The second kappa shape index (κ2) is 4.37. The van der Waals surface area contributed by atoms with Crippen LogP contribution in [0.5, 0.6) is 0 Å². The Morgan fingerprint density at radius 1 is 0.955 bits per heavy atom. The predicted molar refractivity (Wildman–Crippen MR) is 87.4 cm³/mol. The minimum absolute atomic E-state index is 0.0285. The molecule has 4 aliphatic carbocycles. The van der Waals surface area contributed by atoms with Gasteiger partial charge in [-0.1, -0.05) is 20.3 Å². The number of rotatable bonds is 1. The zero-order valence-corrected chi connectivity index (χ0v) is 14.5. The first-order valence-electron chi connectivity index (χ1n) is 9.46. The Bertz CT molecular complexity index is 494. The van der Waals surface area contributed by atoms with Gasteiger partial charge in [0.2, 0.25) is 0 Å². The van der Waals surface area contributed by atoms with Gasteiger partial charge in [0.05, 0.1) is 5.60 Å². The van der Waals surface area contributed by atoms with E-state index in [1.54, 1.807) is 0 Å². The molecule has 1 spiro atoms. The van der Waals surface area contributed by atoms with Crippen LogP contribution in [-0.4, -0.2) is 17.0 Å². The molecule has 1 N–H and O–H groups in total. The molecule has 124 valence electrons. The molecule has 4 saturated carbocycles. The number of aldehydes is 1. The first-order valence-corrected chi connectivity index (χ1v) is 9.46. The molecule has 4 fully saturated rings. The molecule has 6 atom stereocenters. The molecule has 0 aromatic rings. The Morgan fingerprint density at radius 3 is 2.45 bits per heavy atom. The van der Waals surface area contributed by atoms with Crippen LogP contribution in [0.25, 0.3) is 0 Å². The van der Waals surface area contributed by atoms with Crippen molar-refractivity contribution in [3.8, 4) is 0 Å². The minimum Gasteiger partial charge on any atom is -0.390 e. The summed E-state index contributed by atoms with van der Waals surface area (Å²) in [6.45, 7) is 6.84. The van der Waals surface area contributed by atoms with Gasteiger partial charge in [0.15, 0.2) is 0 Å². The summed E-state index contributed by atoms with van der Waals surface area (Å²) < 4.78 is 0. The molecule has 0 saturated heterocycles. The molecule has 0 aromatic carbocycles. The maximum Gasteiger partial charge on any atom is 0.126 e. The van der Waals surface area contributed by atoms with Crippen LogP contribution in [0.1, 0.15) is 78.6 Å². The van der Waals surface area contributed by atoms with Crippen molar-refractivity contribution in [1.29, 1.82) is 0 Å². The van der Waals surface area contributed by atoms with Crippen LogP contribution in [0.3, 0.4) is 0 Å². The molecule has 0 aliphatic heterocycles. The lowest BCUT2D eigenvalue weighted by Crippen LogP contribution is -2.62. The third-order valence-corrected chi connectivity index (χ3v) is 8.71. The molecular formula is C20H32O2. The topological polar surface area (TPSA) is 37.3 Å². The SMILES string of the molecule is CC1(C)CCC[C@]2(C=O)[C@@H]1CC[C@@]13C[C@@H](CC[C@@H]21)C[C@@]3(C)O. The zero-order chi connectivity index (χ0) is 15.8. The lowest BCUT2D eigenvalue weighted by atomic mass is 9.39. The summed E-state index contributed by atoms with van der Waals surface area (Å²) in [5.74, 6) is 1.64. The largest absolute Gasteiger partial charge is 0.390 e. The standard InChI is InChI=1S/C20H32O2/c1-17(2)8-4-9-19(13-21)15(17)7-10-20-12-14(5-6-16(19)20)11-18(20,3)22/h13-16,22H,4-12H2,1-3H3/t14-,15+,16-,18+,19-,20+/m0/s1. The van der Waals surface area contributed by atoms with Crippen LogP contribution in [0.4, 0.5) is 0 Å². The number of carbonyl (C=O) groups excluding carboxylic acids is 1. The van der Waals surface area contributed by atoms with Crippen molar-refractivity contribution in [2.24, 2.45) is 34.0 Å². The first-order chi connectivity index (χ1) is 10.3. The Morgan fingerprint density at radius 2 is 1.73 bits per heavy atom. The third-order valence-electron chi connectivity index (χ3n) is 8.71. The van der Waals surface area contributed by atoms with E-state index in [0.717, 1.165) is 25.7 Å². The Labute approximate surface area is 135 Å². The van der Waals surface area contributed by atoms with Gasteiger partial charge in [-0.3, -0.25) is 0 Å². The summed E-state index contributed by atoms with van der Waals surface area (Å²) in [5, 5.41) is 11.3. The number of aliphatic hydroxyl groups is 1. The molecule has 2 heteroatoms. The molecule has 2 nitrogen and oxygen atoms in total. The summed E-state index contributed by atoms with van der Waals surface area (Å²) in [5.41, 5.74) is -0.399. The number of fused-ring (bicyclic) bond motifs is 3. The van der Waals surface area contributed by atoms with E-state index in [9.17, 15) is 9.90 Å². The van der Waals surface area contributed by atoms with E-state index in [2.05, 4.69) is 20.8 Å². The summed E-state index contributed by atoms with van der Waals surface area (Å²) in [7, 11) is 0.